The van der Waals surface area contributed by atoms with Crippen LogP contribution < -0.4 is 5.32 Å². The first-order valence-corrected chi connectivity index (χ1v) is 6.48. The van der Waals surface area contributed by atoms with Gasteiger partial charge in [-0.05, 0) is 31.0 Å². The fourth-order valence-electron chi connectivity index (χ4n) is 1.86. The molecule has 0 radical (unpaired) electrons. The van der Waals surface area contributed by atoms with Crippen LogP contribution in [-0.2, 0) is 0 Å². The maximum absolute atomic E-state index is 10.6. The zero-order chi connectivity index (χ0) is 14.7. The molecule has 2 rings (SSSR count). The molecule has 1 heterocycles. The van der Waals surface area contributed by atoms with Gasteiger partial charge in [0.1, 0.15) is 0 Å². The molecule has 0 saturated carbocycles. The number of halogens is 1. The highest BCUT2D eigenvalue weighted by atomic mass is 35.5. The Bertz CT molecular complexity index is 629. The summed E-state index contributed by atoms with van der Waals surface area (Å²) >= 11 is 6.03. The molecule has 0 aliphatic heterocycles. The van der Waals surface area contributed by atoms with E-state index < -0.39 is 4.92 Å². The molecule has 5 nitrogen and oxygen atoms in total. The van der Waals surface area contributed by atoms with Gasteiger partial charge in [-0.15, -0.1) is 0 Å². The lowest BCUT2D eigenvalue weighted by molar-refractivity contribution is -0.384. The first kappa shape index (κ1) is 14.3. The summed E-state index contributed by atoms with van der Waals surface area (Å²) in [5.41, 5.74) is 2.77. The molecule has 1 aromatic carbocycles. The minimum atomic E-state index is -0.413. The Morgan fingerprint density at radius 1 is 1.35 bits per heavy atom. The second-order valence-electron chi connectivity index (χ2n) is 4.57. The highest BCUT2D eigenvalue weighted by Crippen LogP contribution is 2.26. The summed E-state index contributed by atoms with van der Waals surface area (Å²) in [6.45, 7) is 3.89. The van der Waals surface area contributed by atoms with Gasteiger partial charge in [-0.3, -0.25) is 10.1 Å². The molecule has 0 spiro atoms. The fourth-order valence-corrected chi connectivity index (χ4v) is 2.01. The number of aryl methyl sites for hydroxylation is 1. The van der Waals surface area contributed by atoms with Gasteiger partial charge in [0, 0.05) is 24.4 Å². The van der Waals surface area contributed by atoms with Crippen molar-refractivity contribution in [1.82, 2.24) is 4.98 Å². The normalized spacial score (nSPS) is 11.9. The molecule has 1 unspecified atom stereocenters. The SMILES string of the molecule is Cc1cnc(Cl)c(NC(C)c2ccc([N+](=O)[O-])cc2)c1. The smallest absolute Gasteiger partial charge is 0.269 e. The third kappa shape index (κ3) is 3.24. The van der Waals surface area contributed by atoms with Crippen molar-refractivity contribution in [2.75, 3.05) is 5.32 Å². The second kappa shape index (κ2) is 5.88. The predicted molar refractivity (Wildman–Crippen MR) is 79.1 cm³/mol. The van der Waals surface area contributed by atoms with Crippen molar-refractivity contribution < 1.29 is 4.92 Å². The Labute approximate surface area is 121 Å². The van der Waals surface area contributed by atoms with Crippen molar-refractivity contribution >= 4 is 23.0 Å². The third-order valence-electron chi connectivity index (χ3n) is 2.95. The molecule has 2 aromatic rings. The van der Waals surface area contributed by atoms with E-state index in [1.165, 1.54) is 12.1 Å². The highest BCUT2D eigenvalue weighted by Gasteiger charge is 2.11. The molecule has 20 heavy (non-hydrogen) atoms. The fraction of sp³-hybridized carbons (Fsp3) is 0.214. The Morgan fingerprint density at radius 2 is 2.00 bits per heavy atom. The van der Waals surface area contributed by atoms with Gasteiger partial charge in [-0.25, -0.2) is 4.98 Å². The molecule has 0 saturated heterocycles. The van der Waals surface area contributed by atoms with Crippen molar-refractivity contribution in [2.45, 2.75) is 19.9 Å². The molecule has 1 atom stereocenters. The van der Waals surface area contributed by atoms with Gasteiger partial charge < -0.3 is 5.32 Å². The van der Waals surface area contributed by atoms with E-state index in [-0.39, 0.29) is 11.7 Å². The standard InChI is InChI=1S/C14H14ClN3O2/c1-9-7-13(14(15)16-8-9)17-10(2)11-3-5-12(6-4-11)18(19)20/h3-8,10,17H,1-2H3. The van der Waals surface area contributed by atoms with Crippen LogP contribution >= 0.6 is 11.6 Å². The van der Waals surface area contributed by atoms with Crippen LogP contribution in [0.1, 0.15) is 24.1 Å². The topological polar surface area (TPSA) is 68.1 Å². The molecule has 1 aromatic heterocycles. The number of hydrogen-bond donors (Lipinski definition) is 1. The Hall–Kier alpha value is -2.14. The summed E-state index contributed by atoms with van der Waals surface area (Å²) in [6.07, 6.45) is 1.70. The monoisotopic (exact) mass is 291 g/mol. The van der Waals surface area contributed by atoms with Crippen LogP contribution in [-0.4, -0.2) is 9.91 Å². The van der Waals surface area contributed by atoms with Gasteiger partial charge in [0.15, 0.2) is 5.15 Å². The van der Waals surface area contributed by atoms with Crippen molar-refractivity contribution in [1.29, 1.82) is 0 Å². The summed E-state index contributed by atoms with van der Waals surface area (Å²) in [6, 6.07) is 8.32. The van der Waals surface area contributed by atoms with Crippen molar-refractivity contribution in [3.8, 4) is 0 Å². The number of hydrogen-bond acceptors (Lipinski definition) is 4. The molecular weight excluding hydrogens is 278 g/mol. The lowest BCUT2D eigenvalue weighted by Gasteiger charge is -2.16. The summed E-state index contributed by atoms with van der Waals surface area (Å²) in [5.74, 6) is 0. The van der Waals surface area contributed by atoms with Gasteiger partial charge in [0.05, 0.1) is 10.6 Å². The van der Waals surface area contributed by atoms with Crippen LogP contribution in [0.2, 0.25) is 5.15 Å². The van der Waals surface area contributed by atoms with E-state index in [2.05, 4.69) is 10.3 Å². The zero-order valence-electron chi connectivity index (χ0n) is 11.1. The number of nitro groups is 1. The first-order valence-electron chi connectivity index (χ1n) is 6.10. The lowest BCUT2D eigenvalue weighted by Crippen LogP contribution is -2.07. The number of nitrogens with zero attached hydrogens (tertiary/aromatic N) is 2. The minimum Gasteiger partial charge on any atom is -0.376 e. The van der Waals surface area contributed by atoms with E-state index >= 15 is 0 Å². The second-order valence-corrected chi connectivity index (χ2v) is 4.92. The van der Waals surface area contributed by atoms with Crippen LogP contribution in [0, 0.1) is 17.0 Å². The van der Waals surface area contributed by atoms with E-state index in [1.807, 2.05) is 19.9 Å². The van der Waals surface area contributed by atoms with E-state index in [9.17, 15) is 10.1 Å². The van der Waals surface area contributed by atoms with Crippen LogP contribution in [0.25, 0.3) is 0 Å². The molecule has 0 aliphatic rings. The first-order chi connectivity index (χ1) is 9.47. The number of nitrogens with one attached hydrogen (secondary N) is 1. The molecule has 0 aliphatic carbocycles. The van der Waals surface area contributed by atoms with Crippen molar-refractivity contribution in [3.63, 3.8) is 0 Å². The number of rotatable bonds is 4. The maximum atomic E-state index is 10.6. The Kier molecular flexibility index (Phi) is 4.20. The summed E-state index contributed by atoms with van der Waals surface area (Å²) < 4.78 is 0. The Morgan fingerprint density at radius 3 is 2.60 bits per heavy atom. The summed E-state index contributed by atoms with van der Waals surface area (Å²) in [5, 5.41) is 14.3. The number of benzene rings is 1. The molecule has 0 fully saturated rings. The maximum Gasteiger partial charge on any atom is 0.269 e. The van der Waals surface area contributed by atoms with Crippen LogP contribution in [0.15, 0.2) is 36.5 Å². The largest absolute Gasteiger partial charge is 0.376 e. The number of non-ortho nitro benzene ring substituents is 1. The predicted octanol–water partition coefficient (Wildman–Crippen LogP) is 4.12. The summed E-state index contributed by atoms with van der Waals surface area (Å²) in [7, 11) is 0. The van der Waals surface area contributed by atoms with Crippen molar-refractivity contribution in [3.05, 3.63) is 62.9 Å². The van der Waals surface area contributed by atoms with Crippen LogP contribution in [0.3, 0.4) is 0 Å². The van der Waals surface area contributed by atoms with E-state index in [1.54, 1.807) is 18.3 Å². The summed E-state index contributed by atoms with van der Waals surface area (Å²) in [4.78, 5) is 14.3. The van der Waals surface area contributed by atoms with Crippen molar-refractivity contribution in [2.24, 2.45) is 0 Å². The highest BCUT2D eigenvalue weighted by molar-refractivity contribution is 6.31. The third-order valence-corrected chi connectivity index (χ3v) is 3.25. The number of pyridine rings is 1. The van der Waals surface area contributed by atoms with Gasteiger partial charge in [0.25, 0.3) is 5.69 Å². The minimum absolute atomic E-state index is 0.0306. The Balaban J connectivity index is 2.17. The quantitative estimate of drug-likeness (QED) is 0.522. The average molecular weight is 292 g/mol. The van der Waals surface area contributed by atoms with Gasteiger partial charge >= 0.3 is 0 Å². The van der Waals surface area contributed by atoms with Gasteiger partial charge in [0.2, 0.25) is 0 Å². The molecule has 1 N–H and O–H groups in total. The lowest BCUT2D eigenvalue weighted by atomic mass is 10.1. The number of nitro benzene ring substituents is 1. The van der Waals surface area contributed by atoms with E-state index in [4.69, 9.17) is 11.6 Å². The van der Waals surface area contributed by atoms with Crippen LogP contribution in [0.4, 0.5) is 11.4 Å². The van der Waals surface area contributed by atoms with Gasteiger partial charge in [-0.1, -0.05) is 23.7 Å². The molecule has 0 bridgehead atoms. The van der Waals surface area contributed by atoms with Crippen LogP contribution in [0.5, 0.6) is 0 Å². The average Bonchev–Trinajstić information content (AvgIpc) is 2.43. The molecule has 6 heteroatoms. The zero-order valence-corrected chi connectivity index (χ0v) is 11.9. The van der Waals surface area contributed by atoms with E-state index in [0.29, 0.717) is 5.15 Å². The number of aromatic nitrogens is 1. The molecule has 0 amide bonds. The number of anilines is 1. The van der Waals surface area contributed by atoms with E-state index in [0.717, 1.165) is 16.8 Å². The molecule has 104 valence electrons. The van der Waals surface area contributed by atoms with Gasteiger partial charge in [-0.2, -0.15) is 0 Å². The molecular formula is C14H14ClN3O2.